The Morgan fingerprint density at radius 1 is 1.50 bits per heavy atom. The lowest BCUT2D eigenvalue weighted by molar-refractivity contribution is -0.146. The van der Waals surface area contributed by atoms with Gasteiger partial charge < -0.3 is 9.84 Å². The maximum absolute atomic E-state index is 11.8. The molecule has 2 aliphatic carbocycles. The fourth-order valence-corrected chi connectivity index (χ4v) is 4.50. The van der Waals surface area contributed by atoms with E-state index in [4.69, 9.17) is 4.74 Å². The Hall–Kier alpha value is -0.570. The minimum atomic E-state index is -0.392. The molecule has 3 rings (SSSR count). The van der Waals surface area contributed by atoms with E-state index in [1.807, 2.05) is 0 Å². The van der Waals surface area contributed by atoms with Gasteiger partial charge in [-0.2, -0.15) is 0 Å². The van der Waals surface area contributed by atoms with Crippen LogP contribution in [0.25, 0.3) is 0 Å². The van der Waals surface area contributed by atoms with Gasteiger partial charge >= 0.3 is 5.97 Å². The third-order valence-electron chi connectivity index (χ3n) is 5.04. The molecule has 7 atom stereocenters. The van der Waals surface area contributed by atoms with E-state index in [0.717, 1.165) is 19.3 Å². The summed E-state index contributed by atoms with van der Waals surface area (Å²) in [4.78, 5) is 11.8. The second-order valence-electron chi connectivity index (χ2n) is 5.82. The van der Waals surface area contributed by atoms with E-state index in [9.17, 15) is 9.90 Å². The fourth-order valence-electron chi connectivity index (χ4n) is 4.50. The molecule has 0 aromatic rings. The van der Waals surface area contributed by atoms with Gasteiger partial charge in [-0.15, -0.1) is 0 Å². The smallest absolute Gasteiger partial charge is 0.310 e. The van der Waals surface area contributed by atoms with Crippen LogP contribution in [0.15, 0.2) is 0 Å². The Morgan fingerprint density at radius 3 is 2.94 bits per heavy atom. The molecule has 0 radical (unpaired) electrons. The first-order valence-electron chi connectivity index (χ1n) is 6.53. The summed E-state index contributed by atoms with van der Waals surface area (Å²) in [7, 11) is 0. The SMILES string of the molecule is CCCC(C)C1C2CC3C(OC(=O)C31)C2O. The highest BCUT2D eigenvalue weighted by atomic mass is 16.6. The molecule has 1 saturated heterocycles. The summed E-state index contributed by atoms with van der Waals surface area (Å²) >= 11 is 0. The minimum absolute atomic E-state index is 0.0398. The van der Waals surface area contributed by atoms with Gasteiger partial charge in [0.15, 0.2) is 0 Å². The second kappa shape index (κ2) is 3.46. The van der Waals surface area contributed by atoms with E-state index >= 15 is 0 Å². The van der Waals surface area contributed by atoms with Crippen LogP contribution in [0.3, 0.4) is 0 Å². The van der Waals surface area contributed by atoms with Gasteiger partial charge in [-0.25, -0.2) is 0 Å². The molecule has 1 aliphatic heterocycles. The molecule has 7 unspecified atom stereocenters. The molecule has 90 valence electrons. The van der Waals surface area contributed by atoms with Crippen molar-refractivity contribution in [3.05, 3.63) is 0 Å². The zero-order valence-electron chi connectivity index (χ0n) is 9.93. The zero-order chi connectivity index (χ0) is 11.4. The molecule has 1 N–H and O–H groups in total. The van der Waals surface area contributed by atoms with Gasteiger partial charge in [0, 0.05) is 5.92 Å². The summed E-state index contributed by atoms with van der Waals surface area (Å²) in [5.74, 6) is 1.59. The molecular formula is C13H20O3. The summed E-state index contributed by atoms with van der Waals surface area (Å²) < 4.78 is 5.32. The molecule has 3 heteroatoms. The molecule has 3 fully saturated rings. The average molecular weight is 224 g/mol. The van der Waals surface area contributed by atoms with Gasteiger partial charge in [0.25, 0.3) is 0 Å². The van der Waals surface area contributed by atoms with Gasteiger partial charge in [0.05, 0.1) is 12.0 Å². The van der Waals surface area contributed by atoms with Crippen molar-refractivity contribution >= 4 is 5.97 Å². The first kappa shape index (κ1) is 10.6. The molecule has 0 spiro atoms. The van der Waals surface area contributed by atoms with Gasteiger partial charge in [0.1, 0.15) is 6.10 Å². The van der Waals surface area contributed by atoms with Crippen LogP contribution in [0.4, 0.5) is 0 Å². The van der Waals surface area contributed by atoms with Crippen LogP contribution in [0.2, 0.25) is 0 Å². The van der Waals surface area contributed by atoms with Gasteiger partial charge in [-0.1, -0.05) is 26.7 Å². The van der Waals surface area contributed by atoms with E-state index in [1.165, 1.54) is 0 Å². The fraction of sp³-hybridized carbons (Fsp3) is 0.923. The number of ether oxygens (including phenoxy) is 1. The number of fused-ring (bicyclic) bond motifs is 1. The molecule has 0 aromatic carbocycles. The van der Waals surface area contributed by atoms with Crippen LogP contribution in [-0.4, -0.2) is 23.3 Å². The van der Waals surface area contributed by atoms with Crippen molar-refractivity contribution < 1.29 is 14.6 Å². The topological polar surface area (TPSA) is 46.5 Å². The van der Waals surface area contributed by atoms with Crippen molar-refractivity contribution in [3.63, 3.8) is 0 Å². The molecule has 0 amide bonds. The van der Waals surface area contributed by atoms with Gasteiger partial charge in [-0.05, 0) is 24.2 Å². The number of carbonyl (C=O) groups excluding carboxylic acids is 1. The number of hydrogen-bond acceptors (Lipinski definition) is 3. The zero-order valence-corrected chi connectivity index (χ0v) is 9.93. The average Bonchev–Trinajstić information content (AvgIpc) is 2.82. The Kier molecular flexibility index (Phi) is 2.29. The van der Waals surface area contributed by atoms with Crippen LogP contribution in [0.5, 0.6) is 0 Å². The lowest BCUT2D eigenvalue weighted by atomic mass is 9.71. The molecule has 3 nitrogen and oxygen atoms in total. The van der Waals surface area contributed by atoms with Crippen molar-refractivity contribution in [1.29, 1.82) is 0 Å². The van der Waals surface area contributed by atoms with Gasteiger partial charge in [0.2, 0.25) is 0 Å². The normalized spacial score (nSPS) is 50.8. The van der Waals surface area contributed by atoms with E-state index in [2.05, 4.69) is 13.8 Å². The Morgan fingerprint density at radius 2 is 2.25 bits per heavy atom. The molecule has 1 heterocycles. The maximum Gasteiger partial charge on any atom is 0.310 e. The molecule has 3 aliphatic rings. The predicted octanol–water partition coefficient (Wildman–Crippen LogP) is 1.59. The van der Waals surface area contributed by atoms with Crippen molar-refractivity contribution in [3.8, 4) is 0 Å². The highest BCUT2D eigenvalue weighted by molar-refractivity contribution is 5.77. The van der Waals surface area contributed by atoms with E-state index in [-0.39, 0.29) is 18.0 Å². The summed E-state index contributed by atoms with van der Waals surface area (Å²) in [5.41, 5.74) is 0. The standard InChI is InChI=1S/C13H20O3/c1-3-4-6(2)9-7-5-8-10(9)13(15)16-12(8)11(7)14/h6-12,14H,3-5H2,1-2H3. The Bertz CT molecular complexity index is 314. The van der Waals surface area contributed by atoms with Crippen molar-refractivity contribution in [2.75, 3.05) is 0 Å². The van der Waals surface area contributed by atoms with Crippen LogP contribution in [-0.2, 0) is 9.53 Å². The van der Waals surface area contributed by atoms with Crippen LogP contribution in [0.1, 0.15) is 33.1 Å². The van der Waals surface area contributed by atoms with Crippen LogP contribution < -0.4 is 0 Å². The first-order chi connectivity index (χ1) is 7.65. The molecule has 2 bridgehead atoms. The highest BCUT2D eigenvalue weighted by Gasteiger charge is 2.66. The van der Waals surface area contributed by atoms with Crippen molar-refractivity contribution in [1.82, 2.24) is 0 Å². The van der Waals surface area contributed by atoms with Crippen molar-refractivity contribution in [2.24, 2.45) is 29.6 Å². The van der Waals surface area contributed by atoms with E-state index in [1.54, 1.807) is 0 Å². The molecular weight excluding hydrogens is 204 g/mol. The van der Waals surface area contributed by atoms with Gasteiger partial charge in [-0.3, -0.25) is 4.79 Å². The maximum atomic E-state index is 11.8. The second-order valence-corrected chi connectivity index (χ2v) is 5.82. The quantitative estimate of drug-likeness (QED) is 0.740. The Balaban J connectivity index is 1.87. The van der Waals surface area contributed by atoms with Crippen molar-refractivity contribution in [2.45, 2.75) is 45.3 Å². The third-order valence-corrected chi connectivity index (χ3v) is 5.04. The summed E-state index contributed by atoms with van der Waals surface area (Å²) in [6, 6.07) is 0. The number of rotatable bonds is 3. The molecule has 2 saturated carbocycles. The lowest BCUT2D eigenvalue weighted by Crippen LogP contribution is -2.39. The third kappa shape index (κ3) is 1.15. The predicted molar refractivity (Wildman–Crippen MR) is 58.5 cm³/mol. The largest absolute Gasteiger partial charge is 0.459 e. The Labute approximate surface area is 96.2 Å². The van der Waals surface area contributed by atoms with Crippen LogP contribution in [0, 0.1) is 29.6 Å². The summed E-state index contributed by atoms with van der Waals surface area (Å²) in [6.07, 6.45) is 2.73. The van der Waals surface area contributed by atoms with Crippen LogP contribution >= 0.6 is 0 Å². The highest BCUT2D eigenvalue weighted by Crippen LogP contribution is 2.60. The number of esters is 1. The minimum Gasteiger partial charge on any atom is -0.459 e. The number of aliphatic hydroxyl groups excluding tert-OH is 1. The molecule has 16 heavy (non-hydrogen) atoms. The monoisotopic (exact) mass is 224 g/mol. The first-order valence-corrected chi connectivity index (χ1v) is 6.53. The summed E-state index contributed by atoms with van der Waals surface area (Å²) in [6.45, 7) is 4.40. The number of hydrogen-bond donors (Lipinski definition) is 1. The van der Waals surface area contributed by atoms with E-state index < -0.39 is 6.10 Å². The number of carbonyl (C=O) groups is 1. The number of aliphatic hydroxyl groups is 1. The van der Waals surface area contributed by atoms with E-state index in [0.29, 0.717) is 23.7 Å². The molecule has 0 aromatic heterocycles. The summed E-state index contributed by atoms with van der Waals surface area (Å²) in [5, 5.41) is 10.1. The lowest BCUT2D eigenvalue weighted by Gasteiger charge is -2.32.